The first-order valence-corrected chi connectivity index (χ1v) is 8.50. The molecule has 0 saturated carbocycles. The molecule has 0 aromatic heterocycles. The van der Waals surface area contributed by atoms with E-state index in [0.29, 0.717) is 5.92 Å². The van der Waals surface area contributed by atoms with E-state index in [0.717, 1.165) is 0 Å². The average molecular weight is 306 g/mol. The van der Waals surface area contributed by atoms with Crippen molar-refractivity contribution in [2.24, 2.45) is 0 Å². The smallest absolute Gasteiger partial charge is 0.0311 e. The van der Waals surface area contributed by atoms with Crippen LogP contribution in [0.25, 0.3) is 27.6 Å². The Morgan fingerprint density at radius 3 is 2.17 bits per heavy atom. The third-order valence-electron chi connectivity index (χ3n) is 5.24. The Hall–Kier alpha value is -2.86. The molecule has 4 aromatic carbocycles. The molecular weight excluding hydrogens is 288 g/mol. The molecule has 0 aliphatic heterocycles. The maximum absolute atomic E-state index is 2.36. The minimum atomic E-state index is 0.367. The Kier molecular flexibility index (Phi) is 2.87. The fraction of sp³-hybridized carbons (Fsp3) is 0.0833. The zero-order chi connectivity index (χ0) is 16.1. The van der Waals surface area contributed by atoms with Gasteiger partial charge in [-0.25, -0.2) is 0 Å². The van der Waals surface area contributed by atoms with Gasteiger partial charge in [0.05, 0.1) is 0 Å². The van der Waals surface area contributed by atoms with Crippen molar-refractivity contribution in [3.63, 3.8) is 0 Å². The van der Waals surface area contributed by atoms with Crippen molar-refractivity contribution in [3.05, 3.63) is 101 Å². The maximum Gasteiger partial charge on any atom is 0.0311 e. The summed E-state index contributed by atoms with van der Waals surface area (Å²) in [5.74, 6) is 0.367. The summed E-state index contributed by atoms with van der Waals surface area (Å²) < 4.78 is 0. The topological polar surface area (TPSA) is 0 Å². The van der Waals surface area contributed by atoms with Gasteiger partial charge in [0.15, 0.2) is 0 Å². The molecule has 0 heterocycles. The molecule has 0 fully saturated rings. The molecule has 0 nitrogen and oxygen atoms in total. The zero-order valence-corrected chi connectivity index (χ0v) is 13.7. The number of rotatable bonds is 1. The van der Waals surface area contributed by atoms with E-state index in [-0.39, 0.29) is 0 Å². The van der Waals surface area contributed by atoms with E-state index in [1.807, 2.05) is 0 Å². The molecule has 0 radical (unpaired) electrons. The fourth-order valence-corrected chi connectivity index (χ4v) is 4.13. The van der Waals surface area contributed by atoms with E-state index in [1.165, 1.54) is 43.8 Å². The van der Waals surface area contributed by atoms with E-state index in [4.69, 9.17) is 0 Å². The van der Waals surface area contributed by atoms with Gasteiger partial charge in [-0.15, -0.1) is 0 Å². The monoisotopic (exact) mass is 306 g/mol. The summed E-state index contributed by atoms with van der Waals surface area (Å²) in [5, 5.41) is 5.31. The van der Waals surface area contributed by atoms with Crippen LogP contribution in [0.3, 0.4) is 0 Å². The first-order valence-electron chi connectivity index (χ1n) is 8.50. The first-order chi connectivity index (χ1) is 11.8. The molecule has 24 heavy (non-hydrogen) atoms. The van der Waals surface area contributed by atoms with Crippen molar-refractivity contribution in [2.75, 3.05) is 0 Å². The highest BCUT2D eigenvalue weighted by Crippen LogP contribution is 2.43. The molecule has 0 bridgehead atoms. The molecule has 5 rings (SSSR count). The van der Waals surface area contributed by atoms with Crippen LogP contribution in [0.1, 0.15) is 29.5 Å². The number of benzene rings is 4. The van der Waals surface area contributed by atoms with Crippen molar-refractivity contribution < 1.29 is 0 Å². The van der Waals surface area contributed by atoms with Gasteiger partial charge in [-0.05, 0) is 57.3 Å². The summed E-state index contributed by atoms with van der Waals surface area (Å²) in [5.41, 5.74) is 5.63. The Balaban J connectivity index is 1.81. The average Bonchev–Trinajstić information content (AvgIpc) is 2.95. The van der Waals surface area contributed by atoms with Crippen LogP contribution < -0.4 is 0 Å². The number of hydrogen-bond acceptors (Lipinski definition) is 0. The lowest BCUT2D eigenvalue weighted by molar-refractivity contribution is 0.989. The van der Waals surface area contributed by atoms with Gasteiger partial charge < -0.3 is 0 Å². The lowest BCUT2D eigenvalue weighted by atomic mass is 9.85. The minimum Gasteiger partial charge on any atom is -0.0619 e. The second kappa shape index (κ2) is 5.07. The molecule has 0 amide bonds. The van der Waals surface area contributed by atoms with Gasteiger partial charge in [0.1, 0.15) is 0 Å². The summed E-state index contributed by atoms with van der Waals surface area (Å²) in [4.78, 5) is 0. The van der Waals surface area contributed by atoms with E-state index in [2.05, 4.69) is 91.9 Å². The van der Waals surface area contributed by atoms with E-state index in [9.17, 15) is 0 Å². The molecule has 4 aromatic rings. The lowest BCUT2D eigenvalue weighted by Crippen LogP contribution is -2.00. The predicted octanol–water partition coefficient (Wildman–Crippen LogP) is 6.54. The summed E-state index contributed by atoms with van der Waals surface area (Å²) in [6.45, 7) is 2.25. The molecule has 1 aliphatic carbocycles. The summed E-state index contributed by atoms with van der Waals surface area (Å²) in [7, 11) is 0. The molecule has 1 atom stereocenters. The van der Waals surface area contributed by atoms with Gasteiger partial charge >= 0.3 is 0 Å². The highest BCUT2D eigenvalue weighted by molar-refractivity contribution is 6.00. The van der Waals surface area contributed by atoms with Crippen LogP contribution >= 0.6 is 0 Å². The molecule has 1 aliphatic rings. The highest BCUT2D eigenvalue weighted by atomic mass is 14.3. The van der Waals surface area contributed by atoms with E-state index in [1.54, 1.807) is 0 Å². The van der Waals surface area contributed by atoms with Gasteiger partial charge in [0.2, 0.25) is 0 Å². The quantitative estimate of drug-likeness (QED) is 0.350. The van der Waals surface area contributed by atoms with Crippen LogP contribution in [-0.4, -0.2) is 0 Å². The van der Waals surface area contributed by atoms with Gasteiger partial charge in [-0.1, -0.05) is 78.4 Å². The largest absolute Gasteiger partial charge is 0.0619 e. The Morgan fingerprint density at radius 1 is 0.625 bits per heavy atom. The molecule has 0 spiro atoms. The van der Waals surface area contributed by atoms with Gasteiger partial charge in [0.25, 0.3) is 0 Å². The minimum absolute atomic E-state index is 0.367. The summed E-state index contributed by atoms with van der Waals surface area (Å²) in [6.07, 6.45) is 2.33. The highest BCUT2D eigenvalue weighted by Gasteiger charge is 2.25. The van der Waals surface area contributed by atoms with E-state index >= 15 is 0 Å². The fourth-order valence-electron chi connectivity index (χ4n) is 4.13. The molecule has 0 saturated heterocycles. The van der Waals surface area contributed by atoms with E-state index < -0.39 is 0 Å². The maximum atomic E-state index is 2.36. The normalized spacial score (nSPS) is 16.4. The van der Waals surface area contributed by atoms with Crippen molar-refractivity contribution in [3.8, 4) is 0 Å². The molecular formula is C24H18. The van der Waals surface area contributed by atoms with Crippen molar-refractivity contribution >= 4 is 27.6 Å². The third kappa shape index (κ3) is 1.93. The van der Waals surface area contributed by atoms with Crippen molar-refractivity contribution in [1.82, 2.24) is 0 Å². The Bertz CT molecular complexity index is 1120. The molecule has 0 heteroatoms. The van der Waals surface area contributed by atoms with Crippen molar-refractivity contribution in [2.45, 2.75) is 12.8 Å². The van der Waals surface area contributed by atoms with Crippen LogP contribution in [0.5, 0.6) is 0 Å². The lowest BCUT2D eigenvalue weighted by Gasteiger charge is -2.18. The number of allylic oxidation sites excluding steroid dienone is 1. The Morgan fingerprint density at radius 2 is 1.29 bits per heavy atom. The van der Waals surface area contributed by atoms with Gasteiger partial charge in [-0.2, -0.15) is 0 Å². The summed E-state index contributed by atoms with van der Waals surface area (Å²) in [6, 6.07) is 28.8. The van der Waals surface area contributed by atoms with Crippen LogP contribution in [0.15, 0.2) is 84.4 Å². The van der Waals surface area contributed by atoms with Gasteiger partial charge in [0, 0.05) is 5.92 Å². The predicted molar refractivity (Wildman–Crippen MR) is 103 cm³/mol. The van der Waals surface area contributed by atoms with Crippen LogP contribution in [0.2, 0.25) is 0 Å². The molecule has 1 unspecified atom stereocenters. The molecule has 114 valence electrons. The van der Waals surface area contributed by atoms with Gasteiger partial charge in [-0.3, -0.25) is 0 Å². The standard InChI is InChI=1S/C24H18/c1-16-13-19-9-4-5-11-21(19)24(16)22-12-6-10-20-14-17-7-2-3-8-18(17)15-23(20)22/h2-15,24H,1H3. The number of hydrogen-bond donors (Lipinski definition) is 0. The Labute approximate surface area is 142 Å². The molecule has 0 N–H and O–H groups in total. The second-order valence-corrected chi connectivity index (χ2v) is 6.72. The van der Waals surface area contributed by atoms with Crippen LogP contribution in [0.4, 0.5) is 0 Å². The van der Waals surface area contributed by atoms with Crippen LogP contribution in [0, 0.1) is 0 Å². The van der Waals surface area contributed by atoms with Crippen LogP contribution in [-0.2, 0) is 0 Å². The third-order valence-corrected chi connectivity index (χ3v) is 5.24. The second-order valence-electron chi connectivity index (χ2n) is 6.72. The van der Waals surface area contributed by atoms with Crippen molar-refractivity contribution in [1.29, 1.82) is 0 Å². The zero-order valence-electron chi connectivity index (χ0n) is 13.7. The first kappa shape index (κ1) is 13.6. The number of fused-ring (bicyclic) bond motifs is 3. The SMILES string of the molecule is CC1=Cc2ccccc2C1c1cccc2cc3ccccc3cc12. The summed E-state index contributed by atoms with van der Waals surface area (Å²) >= 11 is 0.